The molecule has 1 saturated heterocycles. The molecule has 0 radical (unpaired) electrons. The van der Waals surface area contributed by atoms with Gasteiger partial charge in [0.05, 0.1) is 6.04 Å². The molecule has 4 heteroatoms. The van der Waals surface area contributed by atoms with Crippen LogP contribution in [-0.2, 0) is 4.79 Å². The highest BCUT2D eigenvalue weighted by atomic mass is 16.2. The first-order valence-corrected chi connectivity index (χ1v) is 3.84. The number of imide groups is 1. The smallest absolute Gasteiger partial charge is 0.325 e. The van der Waals surface area contributed by atoms with Crippen molar-refractivity contribution in [2.45, 2.75) is 25.9 Å². The number of carbonyl (C=O) groups excluding carboxylic acids is 2. The van der Waals surface area contributed by atoms with Crippen LogP contribution < -0.4 is 5.32 Å². The minimum atomic E-state index is -0.403. The van der Waals surface area contributed by atoms with E-state index in [1.165, 1.54) is 4.90 Å². The second kappa shape index (κ2) is 2.97. The molecule has 1 aliphatic rings. The van der Waals surface area contributed by atoms with Gasteiger partial charge in [0, 0.05) is 0 Å². The Labute approximate surface area is 71.2 Å². The second-order valence-electron chi connectivity index (χ2n) is 2.86. The van der Waals surface area contributed by atoms with Crippen LogP contribution in [0.1, 0.15) is 13.8 Å². The Bertz CT molecular complexity index is 237. The molecular weight excluding hydrogens is 156 g/mol. The van der Waals surface area contributed by atoms with Crippen LogP contribution in [0, 0.1) is 0 Å². The van der Waals surface area contributed by atoms with E-state index in [-0.39, 0.29) is 18.0 Å². The first-order valence-electron chi connectivity index (χ1n) is 3.84. The lowest BCUT2D eigenvalue weighted by molar-refractivity contribution is -0.127. The van der Waals surface area contributed by atoms with E-state index < -0.39 is 6.04 Å². The van der Waals surface area contributed by atoms with Crippen molar-refractivity contribution in [3.05, 3.63) is 12.7 Å². The zero-order valence-corrected chi connectivity index (χ0v) is 7.20. The summed E-state index contributed by atoms with van der Waals surface area (Å²) in [6, 6.07) is -0.970. The van der Waals surface area contributed by atoms with Crippen molar-refractivity contribution in [2.75, 3.05) is 0 Å². The number of rotatable bonds is 2. The molecule has 1 fully saturated rings. The molecular formula is C8H12N2O2. The number of hydrogen-bond acceptors (Lipinski definition) is 2. The van der Waals surface area contributed by atoms with E-state index in [9.17, 15) is 9.59 Å². The molecule has 0 aromatic carbocycles. The summed E-state index contributed by atoms with van der Waals surface area (Å²) >= 11 is 0. The summed E-state index contributed by atoms with van der Waals surface area (Å²) in [6.07, 6.45) is 1.56. The number of urea groups is 1. The summed E-state index contributed by atoms with van der Waals surface area (Å²) in [6.45, 7) is 6.94. The molecule has 12 heavy (non-hydrogen) atoms. The highest BCUT2D eigenvalue weighted by molar-refractivity contribution is 6.04. The van der Waals surface area contributed by atoms with Crippen LogP contribution >= 0.6 is 0 Å². The fraction of sp³-hybridized carbons (Fsp3) is 0.500. The SMILES string of the molecule is C=CC(C)N1C(=O)N[C@@H](C)C1=O. The monoisotopic (exact) mass is 168 g/mol. The lowest BCUT2D eigenvalue weighted by Crippen LogP contribution is -2.37. The Balaban J connectivity index is 2.83. The van der Waals surface area contributed by atoms with Gasteiger partial charge in [-0.25, -0.2) is 4.79 Å². The fourth-order valence-electron chi connectivity index (χ4n) is 1.12. The Morgan fingerprint density at radius 1 is 1.67 bits per heavy atom. The Hall–Kier alpha value is -1.32. The van der Waals surface area contributed by atoms with Gasteiger partial charge in [-0.3, -0.25) is 9.69 Å². The summed E-state index contributed by atoms with van der Waals surface area (Å²) in [4.78, 5) is 23.6. The molecule has 1 unspecified atom stereocenters. The van der Waals surface area contributed by atoms with E-state index in [4.69, 9.17) is 0 Å². The minimum Gasteiger partial charge on any atom is -0.326 e. The maximum Gasteiger partial charge on any atom is 0.325 e. The predicted molar refractivity (Wildman–Crippen MR) is 44.5 cm³/mol. The fourth-order valence-corrected chi connectivity index (χ4v) is 1.12. The lowest BCUT2D eigenvalue weighted by atomic mass is 10.2. The first-order chi connectivity index (χ1) is 5.57. The number of nitrogens with zero attached hydrogens (tertiary/aromatic N) is 1. The lowest BCUT2D eigenvalue weighted by Gasteiger charge is -2.17. The summed E-state index contributed by atoms with van der Waals surface area (Å²) in [7, 11) is 0. The molecule has 66 valence electrons. The van der Waals surface area contributed by atoms with Gasteiger partial charge in [0.1, 0.15) is 6.04 Å². The van der Waals surface area contributed by atoms with Crippen molar-refractivity contribution in [1.29, 1.82) is 0 Å². The molecule has 0 aliphatic carbocycles. The average molecular weight is 168 g/mol. The van der Waals surface area contributed by atoms with E-state index in [2.05, 4.69) is 11.9 Å². The Morgan fingerprint density at radius 2 is 2.25 bits per heavy atom. The van der Waals surface area contributed by atoms with Crippen LogP contribution in [-0.4, -0.2) is 28.9 Å². The highest BCUT2D eigenvalue weighted by Gasteiger charge is 2.36. The largest absolute Gasteiger partial charge is 0.326 e. The van der Waals surface area contributed by atoms with E-state index >= 15 is 0 Å². The van der Waals surface area contributed by atoms with Crippen LogP contribution in [0.5, 0.6) is 0 Å². The van der Waals surface area contributed by atoms with Crippen molar-refractivity contribution in [3.63, 3.8) is 0 Å². The van der Waals surface area contributed by atoms with Crippen LogP contribution in [0.25, 0.3) is 0 Å². The van der Waals surface area contributed by atoms with Crippen LogP contribution in [0.4, 0.5) is 4.79 Å². The van der Waals surface area contributed by atoms with Gasteiger partial charge < -0.3 is 5.32 Å². The van der Waals surface area contributed by atoms with Crippen LogP contribution in [0.3, 0.4) is 0 Å². The molecule has 1 aliphatic heterocycles. The molecule has 1 N–H and O–H groups in total. The van der Waals surface area contributed by atoms with Crippen molar-refractivity contribution in [3.8, 4) is 0 Å². The van der Waals surface area contributed by atoms with E-state index in [0.717, 1.165) is 0 Å². The van der Waals surface area contributed by atoms with Gasteiger partial charge in [-0.05, 0) is 13.8 Å². The third kappa shape index (κ3) is 1.20. The summed E-state index contributed by atoms with van der Waals surface area (Å²) in [5.41, 5.74) is 0. The van der Waals surface area contributed by atoms with E-state index in [1.54, 1.807) is 19.9 Å². The molecule has 3 amide bonds. The van der Waals surface area contributed by atoms with Gasteiger partial charge >= 0.3 is 6.03 Å². The van der Waals surface area contributed by atoms with Crippen LogP contribution in [0.15, 0.2) is 12.7 Å². The number of carbonyl (C=O) groups is 2. The Morgan fingerprint density at radius 3 is 2.58 bits per heavy atom. The van der Waals surface area contributed by atoms with Gasteiger partial charge in [0.25, 0.3) is 5.91 Å². The standard InChI is InChI=1S/C8H12N2O2/c1-4-5(2)10-7(11)6(3)9-8(10)12/h4-6H,1H2,2-3H3,(H,9,12)/t5?,6-/m0/s1. The zero-order chi connectivity index (χ0) is 9.30. The molecule has 0 bridgehead atoms. The van der Waals surface area contributed by atoms with Gasteiger partial charge in [0.15, 0.2) is 0 Å². The predicted octanol–water partition coefficient (Wildman–Crippen LogP) is 0.501. The Kier molecular flexibility index (Phi) is 2.17. The third-order valence-corrected chi connectivity index (χ3v) is 1.92. The molecule has 0 saturated carbocycles. The third-order valence-electron chi connectivity index (χ3n) is 1.92. The zero-order valence-electron chi connectivity index (χ0n) is 7.20. The topological polar surface area (TPSA) is 49.4 Å². The van der Waals surface area contributed by atoms with Gasteiger partial charge in [0.2, 0.25) is 0 Å². The second-order valence-corrected chi connectivity index (χ2v) is 2.86. The quantitative estimate of drug-likeness (QED) is 0.482. The molecule has 1 heterocycles. The highest BCUT2D eigenvalue weighted by Crippen LogP contribution is 2.10. The van der Waals surface area contributed by atoms with Crippen molar-refractivity contribution >= 4 is 11.9 Å². The van der Waals surface area contributed by atoms with Crippen LogP contribution in [0.2, 0.25) is 0 Å². The summed E-state index contributed by atoms with van der Waals surface area (Å²) in [5.74, 6) is -0.188. The molecule has 1 rings (SSSR count). The van der Waals surface area contributed by atoms with E-state index in [0.29, 0.717) is 0 Å². The van der Waals surface area contributed by atoms with Gasteiger partial charge in [-0.2, -0.15) is 0 Å². The van der Waals surface area contributed by atoms with Crippen molar-refractivity contribution in [1.82, 2.24) is 10.2 Å². The summed E-state index contributed by atoms with van der Waals surface area (Å²) < 4.78 is 0. The molecule has 0 aromatic rings. The van der Waals surface area contributed by atoms with Crippen molar-refractivity contribution < 1.29 is 9.59 Å². The van der Waals surface area contributed by atoms with E-state index in [1.807, 2.05) is 0 Å². The first kappa shape index (κ1) is 8.77. The molecule has 2 atom stereocenters. The normalized spacial score (nSPS) is 25.5. The maximum atomic E-state index is 11.3. The number of amides is 3. The molecule has 0 spiro atoms. The number of nitrogens with one attached hydrogen (secondary N) is 1. The van der Waals surface area contributed by atoms with Gasteiger partial charge in [-0.15, -0.1) is 6.58 Å². The van der Waals surface area contributed by atoms with Gasteiger partial charge in [-0.1, -0.05) is 6.08 Å². The molecule has 4 nitrogen and oxygen atoms in total. The average Bonchev–Trinajstić information content (AvgIpc) is 2.26. The maximum absolute atomic E-state index is 11.3. The minimum absolute atomic E-state index is 0.188. The molecule has 0 aromatic heterocycles. The number of hydrogen-bond donors (Lipinski definition) is 1. The summed E-state index contributed by atoms with van der Waals surface area (Å²) in [5, 5.41) is 2.52. The van der Waals surface area contributed by atoms with Crippen molar-refractivity contribution in [2.24, 2.45) is 0 Å².